The summed E-state index contributed by atoms with van der Waals surface area (Å²) in [5, 5.41) is 8.63. The number of carbonyl (C=O) groups is 1. The van der Waals surface area contributed by atoms with Crippen molar-refractivity contribution in [3.63, 3.8) is 0 Å². The Morgan fingerprint density at radius 3 is 2.38 bits per heavy atom. The lowest BCUT2D eigenvalue weighted by Gasteiger charge is -2.11. The van der Waals surface area contributed by atoms with Gasteiger partial charge in [-0.3, -0.25) is 0 Å². The molecule has 21 heavy (non-hydrogen) atoms. The Morgan fingerprint density at radius 1 is 1.24 bits per heavy atom. The molecule has 1 heterocycles. The van der Waals surface area contributed by atoms with Crippen LogP contribution in [-0.4, -0.2) is 23.4 Å². The van der Waals surface area contributed by atoms with Crippen molar-refractivity contribution in [1.29, 1.82) is 0 Å². The molecule has 0 saturated carbocycles. The molecule has 0 aliphatic heterocycles. The third-order valence-electron chi connectivity index (χ3n) is 2.63. The predicted molar refractivity (Wildman–Crippen MR) is 79.3 cm³/mol. The number of nitrogens with two attached hydrogens (primary N) is 1. The molecule has 0 atom stereocenters. The normalized spacial score (nSPS) is 10.2. The van der Waals surface area contributed by atoms with Crippen molar-refractivity contribution in [2.24, 2.45) is 0 Å². The Balaban J connectivity index is 2.56. The third kappa shape index (κ3) is 3.12. The van der Waals surface area contributed by atoms with E-state index in [1.54, 1.807) is 31.4 Å². The second-order valence-electron chi connectivity index (χ2n) is 3.90. The van der Waals surface area contributed by atoms with Crippen LogP contribution in [0.2, 0.25) is 10.0 Å². The predicted octanol–water partition coefficient (Wildman–Crippen LogP) is 3.70. The molecule has 2 aromatic rings. The Morgan fingerprint density at radius 2 is 1.86 bits per heavy atom. The lowest BCUT2D eigenvalue weighted by molar-refractivity contribution is 0.142. The number of methoxy groups -OCH3 is 1. The van der Waals surface area contributed by atoms with Crippen LogP contribution in [0, 0.1) is 0 Å². The van der Waals surface area contributed by atoms with Crippen molar-refractivity contribution in [3.8, 4) is 22.9 Å². The number of anilines is 1. The maximum absolute atomic E-state index is 10.6. The number of benzene rings is 1. The number of ether oxygens (including phenoxy) is 2. The summed E-state index contributed by atoms with van der Waals surface area (Å²) in [5.74, 6) is 0.329. The van der Waals surface area contributed by atoms with Gasteiger partial charge in [0.1, 0.15) is 10.8 Å². The summed E-state index contributed by atoms with van der Waals surface area (Å²) >= 11 is 12.0. The molecule has 0 fully saturated rings. The summed E-state index contributed by atoms with van der Waals surface area (Å²) in [6, 6.07) is 6.81. The molecular formula is C13H10Cl2N2O4. The highest BCUT2D eigenvalue weighted by Crippen LogP contribution is 2.40. The van der Waals surface area contributed by atoms with Gasteiger partial charge in [0.2, 0.25) is 5.88 Å². The molecule has 0 amide bonds. The van der Waals surface area contributed by atoms with Gasteiger partial charge in [-0.2, -0.15) is 0 Å². The average molecular weight is 329 g/mol. The summed E-state index contributed by atoms with van der Waals surface area (Å²) < 4.78 is 9.55. The summed E-state index contributed by atoms with van der Waals surface area (Å²) in [4.78, 5) is 14.6. The van der Waals surface area contributed by atoms with E-state index in [-0.39, 0.29) is 27.3 Å². The number of nitrogens with zero attached hydrogens (tertiary/aromatic N) is 1. The highest BCUT2D eigenvalue weighted by Gasteiger charge is 2.19. The molecule has 0 aliphatic carbocycles. The Kier molecular flexibility index (Phi) is 4.40. The van der Waals surface area contributed by atoms with Gasteiger partial charge in [0.05, 0.1) is 23.5 Å². The van der Waals surface area contributed by atoms with E-state index in [1.165, 1.54) is 0 Å². The molecule has 0 unspecified atom stereocenters. The van der Waals surface area contributed by atoms with Gasteiger partial charge in [-0.25, -0.2) is 9.78 Å². The summed E-state index contributed by atoms with van der Waals surface area (Å²) in [6.07, 6.45) is -1.55. The van der Waals surface area contributed by atoms with Crippen molar-refractivity contribution < 1.29 is 19.4 Å². The van der Waals surface area contributed by atoms with E-state index in [2.05, 4.69) is 9.72 Å². The first kappa shape index (κ1) is 15.2. The van der Waals surface area contributed by atoms with Crippen LogP contribution in [0.4, 0.5) is 10.5 Å². The number of hydrogen-bond acceptors (Lipinski definition) is 5. The lowest BCUT2D eigenvalue weighted by atomic mass is 10.1. The van der Waals surface area contributed by atoms with Crippen LogP contribution >= 0.6 is 23.2 Å². The van der Waals surface area contributed by atoms with Crippen LogP contribution in [0.25, 0.3) is 11.3 Å². The molecule has 0 spiro atoms. The number of hydrogen-bond donors (Lipinski definition) is 2. The van der Waals surface area contributed by atoms with Gasteiger partial charge < -0.3 is 20.3 Å². The number of aromatic nitrogens is 1. The zero-order valence-electron chi connectivity index (χ0n) is 10.8. The first-order valence-electron chi connectivity index (χ1n) is 5.63. The number of halogens is 2. The minimum absolute atomic E-state index is 0.00426. The molecule has 1 aromatic carbocycles. The Bertz CT molecular complexity index is 690. The highest BCUT2D eigenvalue weighted by atomic mass is 35.5. The minimum Gasteiger partial charge on any atom is -0.497 e. The smallest absolute Gasteiger partial charge is 0.497 e. The average Bonchev–Trinajstić information content (AvgIpc) is 2.47. The molecule has 3 N–H and O–H groups in total. The van der Waals surface area contributed by atoms with Crippen LogP contribution in [-0.2, 0) is 0 Å². The quantitative estimate of drug-likeness (QED) is 0.834. The second kappa shape index (κ2) is 6.07. The zero-order valence-corrected chi connectivity index (χ0v) is 12.3. The summed E-state index contributed by atoms with van der Waals surface area (Å²) in [6.45, 7) is 0. The molecule has 0 bridgehead atoms. The van der Waals surface area contributed by atoms with E-state index in [4.69, 9.17) is 38.8 Å². The molecule has 8 heteroatoms. The maximum Gasteiger partial charge on any atom is 0.512 e. The van der Waals surface area contributed by atoms with Gasteiger partial charge in [0.25, 0.3) is 0 Å². The standard InChI is InChI=1S/C13H10Cl2N2O4/c1-20-7-4-2-6(3-5-7)11-8(14)10(16)9(15)12(17-11)21-13(18)19/h2-5H,1H3,(H2,16,17)(H,18,19). The molecule has 0 saturated heterocycles. The summed E-state index contributed by atoms with van der Waals surface area (Å²) in [7, 11) is 1.54. The first-order chi connectivity index (χ1) is 9.93. The van der Waals surface area contributed by atoms with E-state index in [0.717, 1.165) is 0 Å². The fraction of sp³-hybridized carbons (Fsp3) is 0.0769. The van der Waals surface area contributed by atoms with Crippen molar-refractivity contribution in [3.05, 3.63) is 34.3 Å². The topological polar surface area (TPSA) is 94.7 Å². The van der Waals surface area contributed by atoms with Gasteiger partial charge in [0.15, 0.2) is 0 Å². The van der Waals surface area contributed by atoms with E-state index in [1.807, 2.05) is 0 Å². The first-order valence-corrected chi connectivity index (χ1v) is 6.39. The van der Waals surface area contributed by atoms with Gasteiger partial charge >= 0.3 is 6.16 Å². The highest BCUT2D eigenvalue weighted by molar-refractivity contribution is 6.41. The number of carboxylic acid groups (broad SMARTS) is 1. The largest absolute Gasteiger partial charge is 0.512 e. The molecule has 0 radical (unpaired) electrons. The number of pyridine rings is 1. The third-order valence-corrected chi connectivity index (χ3v) is 3.38. The number of rotatable bonds is 3. The minimum atomic E-state index is -1.55. The van der Waals surface area contributed by atoms with Gasteiger partial charge in [-0.15, -0.1) is 0 Å². The van der Waals surface area contributed by atoms with Crippen molar-refractivity contribution in [1.82, 2.24) is 4.98 Å². The Hall–Kier alpha value is -2.18. The van der Waals surface area contributed by atoms with E-state index < -0.39 is 6.16 Å². The van der Waals surface area contributed by atoms with Gasteiger partial charge in [0, 0.05) is 5.56 Å². The van der Waals surface area contributed by atoms with E-state index in [0.29, 0.717) is 11.3 Å². The molecule has 1 aromatic heterocycles. The van der Waals surface area contributed by atoms with Gasteiger partial charge in [-0.1, -0.05) is 23.2 Å². The molecule has 6 nitrogen and oxygen atoms in total. The molecule has 2 rings (SSSR count). The van der Waals surface area contributed by atoms with E-state index in [9.17, 15) is 4.79 Å². The number of nitrogen functional groups attached to an aromatic ring is 1. The van der Waals surface area contributed by atoms with Crippen LogP contribution in [0.1, 0.15) is 0 Å². The lowest BCUT2D eigenvalue weighted by Crippen LogP contribution is -2.07. The van der Waals surface area contributed by atoms with Crippen LogP contribution in [0.3, 0.4) is 0 Å². The molecular weight excluding hydrogens is 319 g/mol. The SMILES string of the molecule is COc1ccc(-c2nc(OC(=O)O)c(Cl)c(N)c2Cl)cc1. The van der Waals surface area contributed by atoms with Crippen molar-refractivity contribution >= 4 is 35.0 Å². The monoisotopic (exact) mass is 328 g/mol. The van der Waals surface area contributed by atoms with Crippen LogP contribution in [0.15, 0.2) is 24.3 Å². The fourth-order valence-electron chi connectivity index (χ4n) is 1.63. The zero-order chi connectivity index (χ0) is 15.6. The van der Waals surface area contributed by atoms with Gasteiger partial charge in [-0.05, 0) is 24.3 Å². The van der Waals surface area contributed by atoms with E-state index >= 15 is 0 Å². The Labute approximate surface area is 130 Å². The van der Waals surface area contributed by atoms with Crippen LogP contribution < -0.4 is 15.2 Å². The van der Waals surface area contributed by atoms with Crippen molar-refractivity contribution in [2.45, 2.75) is 0 Å². The second-order valence-corrected chi connectivity index (χ2v) is 4.66. The maximum atomic E-state index is 10.6. The molecule has 0 aliphatic rings. The van der Waals surface area contributed by atoms with Crippen molar-refractivity contribution in [2.75, 3.05) is 12.8 Å². The molecule has 110 valence electrons. The van der Waals surface area contributed by atoms with Crippen LogP contribution in [0.5, 0.6) is 11.6 Å². The fourth-order valence-corrected chi connectivity index (χ4v) is 2.10. The summed E-state index contributed by atoms with van der Waals surface area (Å²) in [5.41, 5.74) is 6.62.